The van der Waals surface area contributed by atoms with E-state index in [0.717, 1.165) is 22.6 Å². The number of benzene rings is 1. The number of aryl methyl sites for hydroxylation is 2. The van der Waals surface area contributed by atoms with E-state index in [1.165, 1.54) is 11.8 Å². The largest absolute Gasteiger partial charge is 0.322 e. The predicted molar refractivity (Wildman–Crippen MR) is 108 cm³/mol. The summed E-state index contributed by atoms with van der Waals surface area (Å²) in [4.78, 5) is 12.6. The number of thioether (sulfide) groups is 1. The molecule has 0 aliphatic heterocycles. The first-order chi connectivity index (χ1) is 12.8. The average molecular weight is 405 g/mol. The lowest BCUT2D eigenvalue weighted by Crippen LogP contribution is -2.23. The molecular weight excluding hydrogens is 384 g/mol. The van der Waals surface area contributed by atoms with Gasteiger partial charge in [-0.25, -0.2) is 0 Å². The van der Waals surface area contributed by atoms with Crippen LogP contribution in [0.15, 0.2) is 29.4 Å². The third-order valence-corrected chi connectivity index (χ3v) is 5.82. The Bertz CT molecular complexity index is 996. The van der Waals surface area contributed by atoms with Crippen molar-refractivity contribution in [2.45, 2.75) is 31.2 Å². The van der Waals surface area contributed by atoms with Crippen LogP contribution in [0.3, 0.4) is 0 Å². The molecule has 2 aromatic heterocycles. The van der Waals surface area contributed by atoms with Gasteiger partial charge in [-0.05, 0) is 32.9 Å². The number of nitrogens with zero attached hydrogens (tertiary/aromatic N) is 5. The summed E-state index contributed by atoms with van der Waals surface area (Å²) in [5.74, 6) is 0.552. The van der Waals surface area contributed by atoms with Gasteiger partial charge < -0.3 is 9.88 Å². The Balaban J connectivity index is 1.76. The van der Waals surface area contributed by atoms with E-state index in [1.54, 1.807) is 4.68 Å². The second-order valence-corrected chi connectivity index (χ2v) is 7.98. The molecule has 1 unspecified atom stereocenters. The molecule has 1 aromatic carbocycles. The van der Waals surface area contributed by atoms with Crippen molar-refractivity contribution in [1.29, 1.82) is 0 Å². The van der Waals surface area contributed by atoms with Gasteiger partial charge in [-0.2, -0.15) is 5.10 Å². The van der Waals surface area contributed by atoms with E-state index in [1.807, 2.05) is 63.7 Å². The molecule has 27 heavy (non-hydrogen) atoms. The smallest absolute Gasteiger partial charge is 0.237 e. The molecule has 1 N–H and O–H groups in total. The van der Waals surface area contributed by atoms with E-state index < -0.39 is 0 Å². The second-order valence-electron chi connectivity index (χ2n) is 6.26. The van der Waals surface area contributed by atoms with Crippen LogP contribution in [0.4, 0.5) is 5.69 Å². The van der Waals surface area contributed by atoms with Gasteiger partial charge in [-0.15, -0.1) is 10.2 Å². The van der Waals surface area contributed by atoms with E-state index in [2.05, 4.69) is 20.6 Å². The highest BCUT2D eigenvalue weighted by Gasteiger charge is 2.22. The summed E-state index contributed by atoms with van der Waals surface area (Å²) in [6, 6.07) is 7.47. The zero-order chi connectivity index (χ0) is 19.7. The Morgan fingerprint density at radius 3 is 2.56 bits per heavy atom. The number of nitrogens with one attached hydrogen (secondary N) is 1. The summed E-state index contributed by atoms with van der Waals surface area (Å²) < 4.78 is 3.59. The molecule has 1 amide bonds. The monoisotopic (exact) mass is 404 g/mol. The molecule has 0 spiro atoms. The van der Waals surface area contributed by atoms with Crippen LogP contribution in [0.5, 0.6) is 0 Å². The van der Waals surface area contributed by atoms with Gasteiger partial charge in [-0.3, -0.25) is 9.48 Å². The number of hydrogen-bond acceptors (Lipinski definition) is 5. The quantitative estimate of drug-likeness (QED) is 0.657. The van der Waals surface area contributed by atoms with Gasteiger partial charge in [0.15, 0.2) is 11.0 Å². The van der Waals surface area contributed by atoms with E-state index >= 15 is 0 Å². The van der Waals surface area contributed by atoms with Crippen LogP contribution in [-0.4, -0.2) is 35.7 Å². The molecule has 7 nitrogen and oxygen atoms in total. The highest BCUT2D eigenvalue weighted by Crippen LogP contribution is 2.30. The summed E-state index contributed by atoms with van der Waals surface area (Å²) in [5.41, 5.74) is 3.27. The van der Waals surface area contributed by atoms with Crippen LogP contribution in [0.2, 0.25) is 5.02 Å². The van der Waals surface area contributed by atoms with Gasteiger partial charge in [0.2, 0.25) is 5.91 Å². The van der Waals surface area contributed by atoms with Crippen molar-refractivity contribution >= 4 is 35.0 Å². The molecule has 1 atom stereocenters. The van der Waals surface area contributed by atoms with E-state index in [-0.39, 0.29) is 11.2 Å². The molecule has 0 bridgehead atoms. The maximum absolute atomic E-state index is 12.6. The fourth-order valence-corrected chi connectivity index (χ4v) is 3.72. The normalized spacial score (nSPS) is 12.2. The van der Waals surface area contributed by atoms with Crippen molar-refractivity contribution < 1.29 is 4.79 Å². The van der Waals surface area contributed by atoms with Gasteiger partial charge in [0.25, 0.3) is 0 Å². The molecule has 2 heterocycles. The minimum absolute atomic E-state index is 0.110. The maximum Gasteiger partial charge on any atom is 0.237 e. The summed E-state index contributed by atoms with van der Waals surface area (Å²) in [6.07, 6.45) is 0. The molecule has 3 aromatic rings. The lowest BCUT2D eigenvalue weighted by Gasteiger charge is -2.12. The molecule has 0 aliphatic carbocycles. The van der Waals surface area contributed by atoms with Gasteiger partial charge in [0.1, 0.15) is 0 Å². The standard InChI is InChI=1S/C18H21ClN6OS/c1-10-15(11(2)25(5)23-10)20-17(26)12(3)27-18-22-21-16(24(18)4)13-8-6-7-9-14(13)19/h6-9,12H,1-5H3,(H,20,26). The number of anilines is 1. The topological polar surface area (TPSA) is 77.6 Å². The van der Waals surface area contributed by atoms with Crippen LogP contribution in [0.25, 0.3) is 11.4 Å². The van der Waals surface area contributed by atoms with Gasteiger partial charge in [-0.1, -0.05) is 35.5 Å². The zero-order valence-electron chi connectivity index (χ0n) is 15.8. The SMILES string of the molecule is Cc1nn(C)c(C)c1NC(=O)C(C)Sc1nnc(-c2ccccc2Cl)n1C. The molecule has 9 heteroatoms. The molecule has 0 radical (unpaired) electrons. The van der Waals surface area contributed by atoms with Crippen LogP contribution < -0.4 is 5.32 Å². The Kier molecular flexibility index (Phi) is 5.57. The highest BCUT2D eigenvalue weighted by atomic mass is 35.5. The molecule has 0 saturated carbocycles. The third kappa shape index (κ3) is 3.86. The molecule has 0 saturated heterocycles. The fraction of sp³-hybridized carbons (Fsp3) is 0.333. The first-order valence-corrected chi connectivity index (χ1v) is 9.67. The minimum atomic E-state index is -0.356. The van der Waals surface area contributed by atoms with Gasteiger partial charge >= 0.3 is 0 Å². The lowest BCUT2D eigenvalue weighted by atomic mass is 10.2. The average Bonchev–Trinajstić information content (AvgIpc) is 3.10. The zero-order valence-corrected chi connectivity index (χ0v) is 17.4. The van der Waals surface area contributed by atoms with Crippen molar-refractivity contribution in [3.8, 4) is 11.4 Å². The maximum atomic E-state index is 12.6. The van der Waals surface area contributed by atoms with Gasteiger partial charge in [0, 0.05) is 19.7 Å². The van der Waals surface area contributed by atoms with Crippen LogP contribution in [0, 0.1) is 13.8 Å². The van der Waals surface area contributed by atoms with Crippen molar-refractivity contribution in [3.63, 3.8) is 0 Å². The Morgan fingerprint density at radius 2 is 1.93 bits per heavy atom. The number of amides is 1. The number of halogens is 1. The van der Waals surface area contributed by atoms with Crippen molar-refractivity contribution in [2.75, 3.05) is 5.32 Å². The van der Waals surface area contributed by atoms with Crippen molar-refractivity contribution in [1.82, 2.24) is 24.5 Å². The van der Waals surface area contributed by atoms with Crippen molar-refractivity contribution in [3.05, 3.63) is 40.7 Å². The molecule has 142 valence electrons. The predicted octanol–water partition coefficient (Wildman–Crippen LogP) is 3.61. The summed E-state index contributed by atoms with van der Waals surface area (Å²) in [6.45, 7) is 5.63. The first kappa shape index (κ1) is 19.4. The van der Waals surface area contributed by atoms with E-state index in [4.69, 9.17) is 11.6 Å². The second kappa shape index (κ2) is 7.74. The van der Waals surface area contributed by atoms with Crippen LogP contribution in [0.1, 0.15) is 18.3 Å². The molecule has 0 aliphatic rings. The molecule has 3 rings (SSSR count). The van der Waals surface area contributed by atoms with E-state index in [9.17, 15) is 4.79 Å². The molecule has 0 fully saturated rings. The van der Waals surface area contributed by atoms with Crippen molar-refractivity contribution in [2.24, 2.45) is 14.1 Å². The fourth-order valence-electron chi connectivity index (χ4n) is 2.69. The summed E-state index contributed by atoms with van der Waals surface area (Å²) in [5, 5.41) is 16.6. The first-order valence-electron chi connectivity index (χ1n) is 8.41. The Labute approximate surface area is 167 Å². The Morgan fingerprint density at radius 1 is 1.22 bits per heavy atom. The number of aromatic nitrogens is 5. The van der Waals surface area contributed by atoms with Crippen LogP contribution >= 0.6 is 23.4 Å². The number of hydrogen-bond donors (Lipinski definition) is 1. The van der Waals surface area contributed by atoms with Crippen LogP contribution in [-0.2, 0) is 18.9 Å². The number of carbonyl (C=O) groups excluding carboxylic acids is 1. The van der Waals surface area contributed by atoms with Gasteiger partial charge in [0.05, 0.1) is 27.3 Å². The highest BCUT2D eigenvalue weighted by molar-refractivity contribution is 8.00. The van der Waals surface area contributed by atoms with E-state index in [0.29, 0.717) is 16.0 Å². The lowest BCUT2D eigenvalue weighted by molar-refractivity contribution is -0.115. The Hall–Kier alpha value is -2.32. The minimum Gasteiger partial charge on any atom is -0.322 e. The summed E-state index contributed by atoms with van der Waals surface area (Å²) in [7, 11) is 3.72. The summed E-state index contributed by atoms with van der Waals surface area (Å²) >= 11 is 7.60. The molecular formula is C18H21ClN6OS. The third-order valence-electron chi connectivity index (χ3n) is 4.36. The number of carbonyl (C=O) groups is 1. The number of rotatable bonds is 5.